The summed E-state index contributed by atoms with van der Waals surface area (Å²) >= 11 is 5.80. The molecule has 1 aromatic heterocycles. The van der Waals surface area contributed by atoms with Gasteiger partial charge in [-0.15, -0.1) is 0 Å². The number of aliphatic hydroxyl groups is 1. The molecule has 1 aliphatic rings. The van der Waals surface area contributed by atoms with Crippen molar-refractivity contribution in [3.63, 3.8) is 0 Å². The van der Waals surface area contributed by atoms with Crippen LogP contribution in [0.2, 0.25) is 5.02 Å². The Morgan fingerprint density at radius 3 is 2.84 bits per heavy atom. The number of hydrogen-bond donors (Lipinski definition) is 2. The van der Waals surface area contributed by atoms with Crippen molar-refractivity contribution in [2.75, 3.05) is 26.3 Å². The molecule has 2 N–H and O–H groups in total. The number of amides is 1. The Balaban J connectivity index is 1.78. The maximum Gasteiger partial charge on any atom is 0.270 e. The van der Waals surface area contributed by atoms with E-state index in [2.05, 4.69) is 4.98 Å². The number of aromatic nitrogens is 1. The van der Waals surface area contributed by atoms with Gasteiger partial charge in [-0.3, -0.25) is 4.79 Å². The van der Waals surface area contributed by atoms with E-state index < -0.39 is 0 Å². The van der Waals surface area contributed by atoms with Gasteiger partial charge in [-0.2, -0.15) is 0 Å². The van der Waals surface area contributed by atoms with E-state index >= 15 is 0 Å². The zero-order valence-electron chi connectivity index (χ0n) is 10.8. The van der Waals surface area contributed by atoms with E-state index in [1.54, 1.807) is 12.3 Å². The molecule has 0 unspecified atom stereocenters. The Kier molecular flexibility index (Phi) is 5.24. The number of halogens is 1. The number of likely N-dealkylation sites (tertiary alicyclic amines) is 1. The lowest BCUT2D eigenvalue weighted by Gasteiger charge is -2.31. The Hall–Kier alpha value is -1.04. The van der Waals surface area contributed by atoms with Crippen LogP contribution in [0.5, 0.6) is 0 Å². The van der Waals surface area contributed by atoms with E-state index in [9.17, 15) is 4.79 Å². The van der Waals surface area contributed by atoms with Gasteiger partial charge in [0.15, 0.2) is 0 Å². The van der Waals surface area contributed by atoms with Crippen LogP contribution in [0.25, 0.3) is 0 Å². The van der Waals surface area contributed by atoms with Gasteiger partial charge in [-0.1, -0.05) is 11.6 Å². The van der Waals surface area contributed by atoms with Crippen molar-refractivity contribution in [3.05, 3.63) is 23.0 Å². The molecular weight excluding hydrogens is 268 g/mol. The number of nitrogens with zero attached hydrogens (tertiary/aromatic N) is 1. The Morgan fingerprint density at radius 1 is 1.53 bits per heavy atom. The molecule has 106 valence electrons. The number of aromatic amines is 1. The Labute approximate surface area is 117 Å². The van der Waals surface area contributed by atoms with Gasteiger partial charge in [0.05, 0.1) is 11.1 Å². The second kappa shape index (κ2) is 6.93. The number of piperidine rings is 1. The molecule has 1 fully saturated rings. The molecule has 0 spiro atoms. The molecule has 0 saturated carbocycles. The number of rotatable bonds is 5. The van der Waals surface area contributed by atoms with E-state index in [-0.39, 0.29) is 18.6 Å². The highest BCUT2D eigenvalue weighted by Gasteiger charge is 2.24. The summed E-state index contributed by atoms with van der Waals surface area (Å²) in [7, 11) is 0. The predicted molar refractivity (Wildman–Crippen MR) is 72.4 cm³/mol. The fourth-order valence-electron chi connectivity index (χ4n) is 2.20. The fourth-order valence-corrected chi connectivity index (χ4v) is 2.37. The van der Waals surface area contributed by atoms with Crippen LogP contribution in [-0.2, 0) is 4.74 Å². The molecule has 0 atom stereocenters. The molecule has 0 bridgehead atoms. The predicted octanol–water partition coefficient (Wildman–Crippen LogP) is 1.67. The first-order valence-corrected chi connectivity index (χ1v) is 6.94. The van der Waals surface area contributed by atoms with Crippen molar-refractivity contribution in [2.24, 2.45) is 0 Å². The first kappa shape index (κ1) is 14.4. The van der Waals surface area contributed by atoms with Gasteiger partial charge in [-0.25, -0.2) is 0 Å². The molecule has 0 radical (unpaired) electrons. The number of carbonyl (C=O) groups excluding carboxylic acids is 1. The number of carbonyl (C=O) groups is 1. The topological polar surface area (TPSA) is 65.6 Å². The maximum atomic E-state index is 12.1. The summed E-state index contributed by atoms with van der Waals surface area (Å²) in [5.74, 6) is -0.0132. The van der Waals surface area contributed by atoms with E-state index in [1.165, 1.54) is 0 Å². The van der Waals surface area contributed by atoms with E-state index in [1.807, 2.05) is 4.90 Å². The van der Waals surface area contributed by atoms with E-state index in [0.29, 0.717) is 36.8 Å². The SMILES string of the molecule is O=C(c1cc(Cl)c[nH]1)N1CCC(OCCCO)CC1. The zero-order chi connectivity index (χ0) is 13.7. The van der Waals surface area contributed by atoms with E-state index in [0.717, 1.165) is 12.8 Å². The number of nitrogens with one attached hydrogen (secondary N) is 1. The van der Waals surface area contributed by atoms with Gasteiger partial charge in [0.1, 0.15) is 5.69 Å². The normalized spacial score (nSPS) is 16.8. The highest BCUT2D eigenvalue weighted by molar-refractivity contribution is 6.30. The summed E-state index contributed by atoms with van der Waals surface area (Å²) in [5.41, 5.74) is 0.532. The number of ether oxygens (including phenoxy) is 1. The van der Waals surface area contributed by atoms with Crippen LogP contribution in [0, 0.1) is 0 Å². The van der Waals surface area contributed by atoms with Gasteiger partial charge < -0.3 is 19.7 Å². The summed E-state index contributed by atoms with van der Waals surface area (Å²) < 4.78 is 5.63. The Bertz CT molecular complexity index is 414. The molecule has 6 heteroatoms. The largest absolute Gasteiger partial charge is 0.396 e. The van der Waals surface area contributed by atoms with Crippen LogP contribution >= 0.6 is 11.6 Å². The summed E-state index contributed by atoms with van der Waals surface area (Å²) in [5, 5.41) is 9.24. The molecule has 0 aromatic carbocycles. The average molecular weight is 287 g/mol. The highest BCUT2D eigenvalue weighted by atomic mass is 35.5. The van der Waals surface area contributed by atoms with Crippen LogP contribution in [0.15, 0.2) is 12.3 Å². The molecule has 1 aromatic rings. The molecule has 1 amide bonds. The Morgan fingerprint density at radius 2 is 2.26 bits per heavy atom. The fraction of sp³-hybridized carbons (Fsp3) is 0.615. The van der Waals surface area contributed by atoms with Gasteiger partial charge in [0.2, 0.25) is 0 Å². The highest BCUT2D eigenvalue weighted by Crippen LogP contribution is 2.17. The summed E-state index contributed by atoms with van der Waals surface area (Å²) in [6.07, 6.45) is 4.15. The zero-order valence-corrected chi connectivity index (χ0v) is 11.5. The number of aliphatic hydroxyl groups excluding tert-OH is 1. The smallest absolute Gasteiger partial charge is 0.270 e. The minimum Gasteiger partial charge on any atom is -0.396 e. The number of hydrogen-bond acceptors (Lipinski definition) is 3. The van der Waals surface area contributed by atoms with Crippen molar-refractivity contribution >= 4 is 17.5 Å². The van der Waals surface area contributed by atoms with Crippen molar-refractivity contribution in [3.8, 4) is 0 Å². The van der Waals surface area contributed by atoms with Crippen LogP contribution < -0.4 is 0 Å². The summed E-state index contributed by atoms with van der Waals surface area (Å²) in [6.45, 7) is 2.13. The van der Waals surface area contributed by atoms with Crippen LogP contribution in [0.3, 0.4) is 0 Å². The maximum absolute atomic E-state index is 12.1. The third kappa shape index (κ3) is 3.96. The minimum atomic E-state index is -0.0132. The van der Waals surface area contributed by atoms with E-state index in [4.69, 9.17) is 21.4 Å². The average Bonchev–Trinajstić information content (AvgIpc) is 2.86. The van der Waals surface area contributed by atoms with Gasteiger partial charge in [0, 0.05) is 32.5 Å². The van der Waals surface area contributed by atoms with Gasteiger partial charge >= 0.3 is 0 Å². The molecule has 5 nitrogen and oxygen atoms in total. The van der Waals surface area contributed by atoms with Gasteiger partial charge in [-0.05, 0) is 25.3 Å². The molecule has 2 heterocycles. The lowest BCUT2D eigenvalue weighted by Crippen LogP contribution is -2.41. The standard InChI is InChI=1S/C13H19ClN2O3/c14-10-8-12(15-9-10)13(18)16-4-2-11(3-5-16)19-7-1-6-17/h8-9,11,15,17H,1-7H2. The molecule has 1 aliphatic heterocycles. The second-order valence-electron chi connectivity index (χ2n) is 4.67. The van der Waals surface area contributed by atoms with Crippen LogP contribution in [-0.4, -0.2) is 53.3 Å². The minimum absolute atomic E-state index is 0.0132. The molecular formula is C13H19ClN2O3. The van der Waals surface area contributed by atoms with Crippen LogP contribution in [0.1, 0.15) is 29.8 Å². The van der Waals surface area contributed by atoms with Crippen LogP contribution in [0.4, 0.5) is 0 Å². The monoisotopic (exact) mass is 286 g/mol. The third-order valence-corrected chi connectivity index (χ3v) is 3.48. The van der Waals surface area contributed by atoms with Crippen molar-refractivity contribution < 1.29 is 14.6 Å². The lowest BCUT2D eigenvalue weighted by molar-refractivity contribution is 0.00385. The number of H-pyrrole nitrogens is 1. The third-order valence-electron chi connectivity index (χ3n) is 3.26. The van der Waals surface area contributed by atoms with Crippen molar-refractivity contribution in [1.82, 2.24) is 9.88 Å². The van der Waals surface area contributed by atoms with Crippen molar-refractivity contribution in [2.45, 2.75) is 25.4 Å². The lowest BCUT2D eigenvalue weighted by atomic mass is 10.1. The summed E-state index contributed by atoms with van der Waals surface area (Å²) in [6, 6.07) is 1.65. The summed E-state index contributed by atoms with van der Waals surface area (Å²) in [4.78, 5) is 16.8. The molecule has 0 aliphatic carbocycles. The van der Waals surface area contributed by atoms with Crippen molar-refractivity contribution in [1.29, 1.82) is 0 Å². The van der Waals surface area contributed by atoms with Gasteiger partial charge in [0.25, 0.3) is 5.91 Å². The quantitative estimate of drug-likeness (QED) is 0.809. The molecule has 1 saturated heterocycles. The first-order chi connectivity index (χ1) is 9.20. The molecule has 19 heavy (non-hydrogen) atoms. The molecule has 2 rings (SSSR count). The first-order valence-electron chi connectivity index (χ1n) is 6.56. The second-order valence-corrected chi connectivity index (χ2v) is 5.11.